The van der Waals surface area contributed by atoms with Crippen molar-refractivity contribution in [2.75, 3.05) is 0 Å². The van der Waals surface area contributed by atoms with Gasteiger partial charge in [-0.2, -0.15) is 0 Å². The lowest BCUT2D eigenvalue weighted by molar-refractivity contribution is -0.384. The number of hydrogen-bond acceptors (Lipinski definition) is 4. The molecule has 1 rings (SSSR count). The Morgan fingerprint density at radius 2 is 2.05 bits per heavy atom. The molecule has 1 aromatic rings. The smallest absolute Gasteiger partial charge is 0.305 e. The van der Waals surface area contributed by atoms with Crippen LogP contribution in [0.2, 0.25) is 0 Å². The van der Waals surface area contributed by atoms with Gasteiger partial charge in [-0.1, -0.05) is 19.9 Å². The number of nitro benzene ring substituents is 1. The summed E-state index contributed by atoms with van der Waals surface area (Å²) >= 11 is 0. The van der Waals surface area contributed by atoms with Crippen LogP contribution in [0, 0.1) is 16.0 Å². The molecule has 7 nitrogen and oxygen atoms in total. The predicted octanol–water partition coefficient (Wildman–Crippen LogP) is 2.21. The third kappa shape index (κ3) is 4.27. The predicted molar refractivity (Wildman–Crippen MR) is 76.1 cm³/mol. The van der Waals surface area contributed by atoms with Crippen molar-refractivity contribution >= 4 is 17.6 Å². The topological polar surface area (TPSA) is 110 Å². The molecular formula is C14H18N2O5. The number of carboxylic acids is 1. The number of carbonyl (C=O) groups is 2. The molecule has 1 aromatic carbocycles. The van der Waals surface area contributed by atoms with E-state index in [2.05, 4.69) is 5.32 Å². The summed E-state index contributed by atoms with van der Waals surface area (Å²) in [4.78, 5) is 33.3. The van der Waals surface area contributed by atoms with E-state index in [9.17, 15) is 19.7 Å². The van der Waals surface area contributed by atoms with Crippen LogP contribution < -0.4 is 5.32 Å². The second-order valence-corrected chi connectivity index (χ2v) is 5.40. The number of hydrogen-bond donors (Lipinski definition) is 2. The van der Waals surface area contributed by atoms with E-state index in [1.807, 2.05) is 0 Å². The van der Waals surface area contributed by atoms with Crippen LogP contribution in [0.3, 0.4) is 0 Å². The van der Waals surface area contributed by atoms with Crippen molar-refractivity contribution in [3.8, 4) is 0 Å². The van der Waals surface area contributed by atoms with Crippen LogP contribution in [0.1, 0.15) is 37.6 Å². The molecule has 0 aliphatic rings. The van der Waals surface area contributed by atoms with Gasteiger partial charge in [0.05, 0.1) is 16.9 Å². The van der Waals surface area contributed by atoms with Gasteiger partial charge in [0.2, 0.25) is 0 Å². The summed E-state index contributed by atoms with van der Waals surface area (Å²) in [6.07, 6.45) is -0.231. The molecule has 0 spiro atoms. The van der Waals surface area contributed by atoms with E-state index in [0.29, 0.717) is 0 Å². The molecule has 0 aliphatic carbocycles. The van der Waals surface area contributed by atoms with Gasteiger partial charge in [0, 0.05) is 17.7 Å². The van der Waals surface area contributed by atoms with E-state index in [-0.39, 0.29) is 23.6 Å². The van der Waals surface area contributed by atoms with E-state index in [1.165, 1.54) is 18.2 Å². The average molecular weight is 294 g/mol. The van der Waals surface area contributed by atoms with Crippen LogP contribution in [-0.2, 0) is 4.79 Å². The van der Waals surface area contributed by atoms with E-state index in [4.69, 9.17) is 5.11 Å². The molecule has 0 aliphatic heterocycles. The van der Waals surface area contributed by atoms with Crippen LogP contribution in [0.15, 0.2) is 24.3 Å². The van der Waals surface area contributed by atoms with Gasteiger partial charge in [-0.05, 0) is 18.9 Å². The number of aliphatic carboxylic acids is 1. The Hall–Kier alpha value is -2.44. The summed E-state index contributed by atoms with van der Waals surface area (Å²) in [5.41, 5.74) is -0.998. The zero-order valence-corrected chi connectivity index (χ0v) is 12.1. The van der Waals surface area contributed by atoms with Gasteiger partial charge in [-0.15, -0.1) is 0 Å². The third-order valence-electron chi connectivity index (χ3n) is 3.51. The van der Waals surface area contributed by atoms with Crippen LogP contribution in [0.4, 0.5) is 5.69 Å². The van der Waals surface area contributed by atoms with Gasteiger partial charge in [0.1, 0.15) is 0 Å². The van der Waals surface area contributed by atoms with Gasteiger partial charge in [-0.3, -0.25) is 19.7 Å². The maximum atomic E-state index is 12.2. The molecule has 0 saturated carbocycles. The Labute approximate surface area is 122 Å². The monoisotopic (exact) mass is 294 g/mol. The summed E-state index contributed by atoms with van der Waals surface area (Å²) in [6.45, 7) is 5.24. The standard InChI is InChI=1S/C14H18N2O5/c1-9(2)14(3,8-12(17)18)15-13(19)10-5-4-6-11(7-10)16(20)21/h4-7,9H,8H2,1-3H3,(H,15,19)(H,17,18). The maximum absolute atomic E-state index is 12.2. The Morgan fingerprint density at radius 3 is 2.52 bits per heavy atom. The molecule has 7 heteroatoms. The minimum Gasteiger partial charge on any atom is -0.481 e. The molecule has 0 bridgehead atoms. The summed E-state index contributed by atoms with van der Waals surface area (Å²) in [6, 6.07) is 5.31. The van der Waals surface area contributed by atoms with Crippen molar-refractivity contribution < 1.29 is 19.6 Å². The van der Waals surface area contributed by atoms with Gasteiger partial charge in [0.15, 0.2) is 0 Å². The quantitative estimate of drug-likeness (QED) is 0.617. The zero-order valence-electron chi connectivity index (χ0n) is 12.1. The number of nitrogens with one attached hydrogen (secondary N) is 1. The largest absolute Gasteiger partial charge is 0.481 e. The van der Waals surface area contributed by atoms with Crippen molar-refractivity contribution in [3.63, 3.8) is 0 Å². The first-order chi connectivity index (χ1) is 9.65. The Morgan fingerprint density at radius 1 is 1.43 bits per heavy atom. The minimum atomic E-state index is -1.02. The van der Waals surface area contributed by atoms with Crippen LogP contribution in [0.25, 0.3) is 0 Å². The van der Waals surface area contributed by atoms with Gasteiger partial charge < -0.3 is 10.4 Å². The number of benzene rings is 1. The number of nitro groups is 1. The molecule has 1 atom stereocenters. The fraction of sp³-hybridized carbons (Fsp3) is 0.429. The highest BCUT2D eigenvalue weighted by molar-refractivity contribution is 5.95. The Bertz CT molecular complexity index is 570. The first-order valence-electron chi connectivity index (χ1n) is 6.44. The average Bonchev–Trinajstić information content (AvgIpc) is 2.37. The van der Waals surface area contributed by atoms with Crippen LogP contribution in [0.5, 0.6) is 0 Å². The third-order valence-corrected chi connectivity index (χ3v) is 3.51. The number of carboxylic acid groups (broad SMARTS) is 1. The molecule has 0 aromatic heterocycles. The minimum absolute atomic E-state index is 0.115. The molecule has 21 heavy (non-hydrogen) atoms. The van der Waals surface area contributed by atoms with E-state index < -0.39 is 22.3 Å². The molecule has 0 radical (unpaired) electrons. The van der Waals surface area contributed by atoms with E-state index in [1.54, 1.807) is 20.8 Å². The lowest BCUT2D eigenvalue weighted by Crippen LogP contribution is -2.51. The highest BCUT2D eigenvalue weighted by Gasteiger charge is 2.33. The molecule has 114 valence electrons. The van der Waals surface area contributed by atoms with Crippen molar-refractivity contribution in [3.05, 3.63) is 39.9 Å². The number of rotatable bonds is 6. The fourth-order valence-corrected chi connectivity index (χ4v) is 1.80. The van der Waals surface area contributed by atoms with Crippen molar-refractivity contribution in [2.45, 2.75) is 32.7 Å². The van der Waals surface area contributed by atoms with E-state index >= 15 is 0 Å². The molecule has 1 amide bonds. The normalized spacial score (nSPS) is 13.5. The van der Waals surface area contributed by atoms with Gasteiger partial charge in [0.25, 0.3) is 11.6 Å². The SMILES string of the molecule is CC(C)C(C)(CC(=O)O)NC(=O)c1cccc([N+](=O)[O-])c1. The van der Waals surface area contributed by atoms with Crippen LogP contribution >= 0.6 is 0 Å². The van der Waals surface area contributed by atoms with E-state index in [0.717, 1.165) is 6.07 Å². The first-order valence-corrected chi connectivity index (χ1v) is 6.44. The van der Waals surface area contributed by atoms with Gasteiger partial charge in [-0.25, -0.2) is 0 Å². The Balaban J connectivity index is 3.00. The van der Waals surface area contributed by atoms with Crippen molar-refractivity contribution in [1.29, 1.82) is 0 Å². The zero-order chi connectivity index (χ0) is 16.2. The molecule has 0 heterocycles. The second-order valence-electron chi connectivity index (χ2n) is 5.40. The maximum Gasteiger partial charge on any atom is 0.305 e. The molecule has 2 N–H and O–H groups in total. The highest BCUT2D eigenvalue weighted by Crippen LogP contribution is 2.22. The summed E-state index contributed by atoms with van der Waals surface area (Å²) < 4.78 is 0. The second kappa shape index (κ2) is 6.34. The van der Waals surface area contributed by atoms with Crippen molar-refractivity contribution in [2.24, 2.45) is 5.92 Å². The lowest BCUT2D eigenvalue weighted by atomic mass is 9.85. The van der Waals surface area contributed by atoms with Crippen molar-refractivity contribution in [1.82, 2.24) is 5.32 Å². The first kappa shape index (κ1) is 16.6. The Kier molecular flexibility index (Phi) is 5.02. The summed E-state index contributed by atoms with van der Waals surface area (Å²) in [5.74, 6) is -1.67. The number of carbonyl (C=O) groups excluding carboxylic acids is 1. The number of nitrogens with zero attached hydrogens (tertiary/aromatic N) is 1. The highest BCUT2D eigenvalue weighted by atomic mass is 16.6. The van der Waals surface area contributed by atoms with Gasteiger partial charge >= 0.3 is 5.97 Å². The fourth-order valence-electron chi connectivity index (χ4n) is 1.80. The number of non-ortho nitro benzene ring substituents is 1. The molecule has 1 unspecified atom stereocenters. The number of amides is 1. The van der Waals surface area contributed by atoms with Crippen LogP contribution in [-0.4, -0.2) is 27.4 Å². The molecule has 0 saturated heterocycles. The molecular weight excluding hydrogens is 276 g/mol. The molecule has 0 fully saturated rings. The summed E-state index contributed by atoms with van der Waals surface area (Å²) in [5, 5.41) is 22.3. The lowest BCUT2D eigenvalue weighted by Gasteiger charge is -2.33. The summed E-state index contributed by atoms with van der Waals surface area (Å²) in [7, 11) is 0.